The molecule has 4 nitrogen and oxygen atoms in total. The van der Waals surface area contributed by atoms with Crippen LogP contribution >= 0.6 is 0 Å². The van der Waals surface area contributed by atoms with Crippen molar-refractivity contribution in [1.29, 1.82) is 0 Å². The van der Waals surface area contributed by atoms with Crippen LogP contribution in [0.2, 0.25) is 0 Å². The quantitative estimate of drug-likeness (QED) is 0.850. The van der Waals surface area contributed by atoms with Crippen molar-refractivity contribution in [1.82, 2.24) is 9.88 Å². The Balaban J connectivity index is 1.84. The fraction of sp³-hybridized carbons (Fsp3) is 0.368. The van der Waals surface area contributed by atoms with Gasteiger partial charge in [0.2, 0.25) is 0 Å². The average molecular weight is 310 g/mol. The third-order valence-corrected chi connectivity index (χ3v) is 4.31. The van der Waals surface area contributed by atoms with Crippen molar-refractivity contribution >= 4 is 5.91 Å². The van der Waals surface area contributed by atoms with Crippen molar-refractivity contribution in [2.75, 3.05) is 6.61 Å². The minimum atomic E-state index is -0.308. The molecule has 1 fully saturated rings. The van der Waals surface area contributed by atoms with E-state index in [9.17, 15) is 4.79 Å². The molecule has 1 aromatic heterocycles. The summed E-state index contributed by atoms with van der Waals surface area (Å²) in [5, 5.41) is 0. The SMILES string of the molecule is C[C@@H](c1ccccc1)N(Cc1cccnc1)C(=O)[C@H]1CCCO1. The number of rotatable bonds is 5. The molecule has 2 heterocycles. The predicted molar refractivity (Wildman–Crippen MR) is 88.6 cm³/mol. The summed E-state index contributed by atoms with van der Waals surface area (Å²) in [6.07, 6.45) is 5.02. The number of carbonyl (C=O) groups is 1. The summed E-state index contributed by atoms with van der Waals surface area (Å²) in [4.78, 5) is 19.0. The minimum absolute atomic E-state index is 0.00638. The molecule has 2 atom stereocenters. The number of carbonyl (C=O) groups excluding carboxylic acids is 1. The second-order valence-electron chi connectivity index (χ2n) is 5.92. The van der Waals surface area contributed by atoms with Crippen molar-refractivity contribution < 1.29 is 9.53 Å². The van der Waals surface area contributed by atoms with Gasteiger partial charge in [0.1, 0.15) is 6.10 Å². The van der Waals surface area contributed by atoms with Gasteiger partial charge in [-0.3, -0.25) is 9.78 Å². The van der Waals surface area contributed by atoms with Gasteiger partial charge in [0, 0.05) is 25.5 Å². The van der Waals surface area contributed by atoms with Gasteiger partial charge in [-0.05, 0) is 37.0 Å². The Morgan fingerprint density at radius 2 is 2.13 bits per heavy atom. The Hall–Kier alpha value is -2.20. The van der Waals surface area contributed by atoms with Crippen LogP contribution in [0.25, 0.3) is 0 Å². The number of aromatic nitrogens is 1. The predicted octanol–water partition coefficient (Wildman–Crippen LogP) is 3.35. The fourth-order valence-corrected chi connectivity index (χ4v) is 2.96. The van der Waals surface area contributed by atoms with E-state index < -0.39 is 0 Å². The molecular formula is C19H22N2O2. The van der Waals surface area contributed by atoms with Crippen LogP contribution in [-0.2, 0) is 16.1 Å². The van der Waals surface area contributed by atoms with Crippen LogP contribution in [0.3, 0.4) is 0 Å². The van der Waals surface area contributed by atoms with Gasteiger partial charge in [-0.2, -0.15) is 0 Å². The molecule has 1 aliphatic rings. The molecule has 0 radical (unpaired) electrons. The van der Waals surface area contributed by atoms with Gasteiger partial charge in [0.05, 0.1) is 6.04 Å². The second kappa shape index (κ2) is 7.38. The first-order chi connectivity index (χ1) is 11.3. The molecule has 4 heteroatoms. The Labute approximate surface area is 137 Å². The van der Waals surface area contributed by atoms with Gasteiger partial charge in [-0.15, -0.1) is 0 Å². The van der Waals surface area contributed by atoms with Crippen molar-refractivity contribution in [2.24, 2.45) is 0 Å². The fourth-order valence-electron chi connectivity index (χ4n) is 2.96. The molecule has 23 heavy (non-hydrogen) atoms. The number of benzene rings is 1. The molecule has 1 saturated heterocycles. The summed E-state index contributed by atoms with van der Waals surface area (Å²) in [6, 6.07) is 14.0. The maximum Gasteiger partial charge on any atom is 0.252 e. The van der Waals surface area contributed by atoms with E-state index >= 15 is 0 Å². The first-order valence-corrected chi connectivity index (χ1v) is 8.11. The van der Waals surface area contributed by atoms with Crippen LogP contribution in [0.5, 0.6) is 0 Å². The Kier molecular flexibility index (Phi) is 5.03. The van der Waals surface area contributed by atoms with E-state index in [1.54, 1.807) is 6.20 Å². The Morgan fingerprint density at radius 1 is 1.30 bits per heavy atom. The van der Waals surface area contributed by atoms with E-state index in [0.717, 1.165) is 24.0 Å². The molecule has 0 unspecified atom stereocenters. The molecule has 0 N–H and O–H groups in total. The lowest BCUT2D eigenvalue weighted by molar-refractivity contribution is -0.144. The molecule has 0 spiro atoms. The lowest BCUT2D eigenvalue weighted by Crippen LogP contribution is -2.40. The second-order valence-corrected chi connectivity index (χ2v) is 5.92. The van der Waals surface area contributed by atoms with Crippen LogP contribution in [-0.4, -0.2) is 28.5 Å². The molecule has 120 valence electrons. The van der Waals surface area contributed by atoms with Crippen LogP contribution in [0.4, 0.5) is 0 Å². The van der Waals surface area contributed by atoms with E-state index in [0.29, 0.717) is 13.2 Å². The van der Waals surface area contributed by atoms with Gasteiger partial charge < -0.3 is 9.64 Å². The highest BCUT2D eigenvalue weighted by atomic mass is 16.5. The summed E-state index contributed by atoms with van der Waals surface area (Å²) >= 11 is 0. The zero-order valence-electron chi connectivity index (χ0n) is 13.4. The molecule has 1 aliphatic heterocycles. The average Bonchev–Trinajstić information content (AvgIpc) is 3.15. The Morgan fingerprint density at radius 3 is 2.78 bits per heavy atom. The standard InChI is InChI=1S/C19H22N2O2/c1-15(17-8-3-2-4-9-17)21(14-16-7-5-11-20-13-16)19(22)18-10-6-12-23-18/h2-5,7-9,11,13,15,18H,6,10,12,14H2,1H3/t15-,18+/m0/s1. The van der Waals surface area contributed by atoms with E-state index in [1.807, 2.05) is 41.4 Å². The molecule has 1 aromatic carbocycles. The number of nitrogens with zero attached hydrogens (tertiary/aromatic N) is 2. The summed E-state index contributed by atoms with van der Waals surface area (Å²) in [6.45, 7) is 3.29. The first kappa shape index (κ1) is 15.7. The molecule has 0 aliphatic carbocycles. The van der Waals surface area contributed by atoms with E-state index in [-0.39, 0.29) is 18.1 Å². The number of ether oxygens (including phenoxy) is 1. The maximum atomic E-state index is 12.9. The van der Waals surface area contributed by atoms with Crippen LogP contribution < -0.4 is 0 Å². The monoisotopic (exact) mass is 310 g/mol. The smallest absolute Gasteiger partial charge is 0.252 e. The normalized spacial score (nSPS) is 18.6. The van der Waals surface area contributed by atoms with Crippen molar-refractivity contribution in [3.05, 3.63) is 66.0 Å². The van der Waals surface area contributed by atoms with Gasteiger partial charge in [-0.25, -0.2) is 0 Å². The maximum absolute atomic E-state index is 12.9. The minimum Gasteiger partial charge on any atom is -0.368 e. The number of hydrogen-bond acceptors (Lipinski definition) is 3. The molecule has 1 amide bonds. The van der Waals surface area contributed by atoms with Crippen LogP contribution in [0.15, 0.2) is 54.9 Å². The largest absolute Gasteiger partial charge is 0.368 e. The van der Waals surface area contributed by atoms with E-state index in [4.69, 9.17) is 4.74 Å². The molecule has 0 bridgehead atoms. The Bertz CT molecular complexity index is 624. The number of amides is 1. The number of hydrogen-bond donors (Lipinski definition) is 0. The topological polar surface area (TPSA) is 42.4 Å². The van der Waals surface area contributed by atoms with Gasteiger partial charge in [0.15, 0.2) is 0 Å². The van der Waals surface area contributed by atoms with Crippen molar-refractivity contribution in [3.8, 4) is 0 Å². The highest BCUT2D eigenvalue weighted by Gasteiger charge is 2.31. The van der Waals surface area contributed by atoms with Gasteiger partial charge in [-0.1, -0.05) is 36.4 Å². The zero-order chi connectivity index (χ0) is 16.1. The molecule has 0 saturated carbocycles. The van der Waals surface area contributed by atoms with Gasteiger partial charge in [0.25, 0.3) is 5.91 Å². The highest BCUT2D eigenvalue weighted by Crippen LogP contribution is 2.26. The van der Waals surface area contributed by atoms with Crippen LogP contribution in [0.1, 0.15) is 36.9 Å². The summed E-state index contributed by atoms with van der Waals surface area (Å²) in [7, 11) is 0. The third kappa shape index (κ3) is 3.77. The van der Waals surface area contributed by atoms with Crippen molar-refractivity contribution in [2.45, 2.75) is 38.5 Å². The van der Waals surface area contributed by atoms with Crippen LogP contribution in [0, 0.1) is 0 Å². The van der Waals surface area contributed by atoms with Crippen molar-refractivity contribution in [3.63, 3.8) is 0 Å². The third-order valence-electron chi connectivity index (χ3n) is 4.31. The first-order valence-electron chi connectivity index (χ1n) is 8.11. The molecular weight excluding hydrogens is 288 g/mol. The highest BCUT2D eigenvalue weighted by molar-refractivity contribution is 5.81. The molecule has 3 rings (SSSR count). The van der Waals surface area contributed by atoms with E-state index in [1.165, 1.54) is 0 Å². The summed E-state index contributed by atoms with van der Waals surface area (Å²) in [5.74, 6) is 0.0720. The summed E-state index contributed by atoms with van der Waals surface area (Å²) < 4.78 is 5.61. The van der Waals surface area contributed by atoms with E-state index in [2.05, 4.69) is 24.0 Å². The lowest BCUT2D eigenvalue weighted by atomic mass is 10.0. The number of pyridine rings is 1. The van der Waals surface area contributed by atoms with Gasteiger partial charge >= 0.3 is 0 Å². The molecule has 2 aromatic rings. The zero-order valence-corrected chi connectivity index (χ0v) is 13.4. The lowest BCUT2D eigenvalue weighted by Gasteiger charge is -2.31. The summed E-state index contributed by atoms with van der Waals surface area (Å²) in [5.41, 5.74) is 2.16.